The van der Waals surface area contributed by atoms with Gasteiger partial charge in [-0.3, -0.25) is 4.79 Å². The number of aliphatic hydroxyl groups excluding tert-OH is 1. The second-order valence-corrected chi connectivity index (χ2v) is 7.26. The van der Waals surface area contributed by atoms with Gasteiger partial charge in [0.05, 0.1) is 13.2 Å². The quantitative estimate of drug-likeness (QED) is 0.682. The van der Waals surface area contributed by atoms with Crippen molar-refractivity contribution >= 4 is 5.91 Å². The van der Waals surface area contributed by atoms with Gasteiger partial charge in [0, 0.05) is 19.1 Å². The van der Waals surface area contributed by atoms with Gasteiger partial charge >= 0.3 is 5.92 Å². The molecule has 8 heteroatoms. The lowest BCUT2D eigenvalue weighted by molar-refractivity contribution is -0.180. The number of benzene rings is 2. The minimum absolute atomic E-state index is 0.00782. The number of halogens is 2. The van der Waals surface area contributed by atoms with Crippen LogP contribution >= 0.6 is 0 Å². The Morgan fingerprint density at radius 1 is 1.10 bits per heavy atom. The molecule has 1 aliphatic rings. The fraction of sp³-hybridized carbons (Fsp3) is 0.409. The number of rotatable bonds is 8. The van der Waals surface area contributed by atoms with Gasteiger partial charge in [-0.05, 0) is 29.7 Å². The van der Waals surface area contributed by atoms with Gasteiger partial charge in [0.25, 0.3) is 5.91 Å². The molecule has 0 radical (unpaired) electrons. The summed E-state index contributed by atoms with van der Waals surface area (Å²) in [4.78, 5) is 13.1. The van der Waals surface area contributed by atoms with Gasteiger partial charge in [-0.25, -0.2) is 0 Å². The lowest BCUT2D eigenvalue weighted by atomic mass is 9.97. The summed E-state index contributed by atoms with van der Waals surface area (Å²) < 4.78 is 39.7. The number of aliphatic hydroxyl groups is 1. The molecule has 6 nitrogen and oxygen atoms in total. The number of ether oxygens (including phenoxy) is 2. The molecule has 3 rings (SSSR count). The highest BCUT2D eigenvalue weighted by molar-refractivity contribution is 5.84. The van der Waals surface area contributed by atoms with E-state index >= 15 is 0 Å². The van der Waals surface area contributed by atoms with Crippen molar-refractivity contribution in [3.8, 4) is 5.75 Å². The Morgan fingerprint density at radius 3 is 2.37 bits per heavy atom. The van der Waals surface area contributed by atoms with Crippen molar-refractivity contribution in [3.63, 3.8) is 0 Å². The van der Waals surface area contributed by atoms with Crippen LogP contribution in [0.15, 0.2) is 54.6 Å². The molecule has 1 saturated heterocycles. The molecule has 0 aliphatic carbocycles. The first-order valence-electron chi connectivity index (χ1n) is 9.82. The van der Waals surface area contributed by atoms with Crippen LogP contribution in [0.3, 0.4) is 0 Å². The highest BCUT2D eigenvalue weighted by Gasteiger charge is 2.51. The Balaban J connectivity index is 1.55. The van der Waals surface area contributed by atoms with Crippen molar-refractivity contribution in [1.29, 1.82) is 0 Å². The van der Waals surface area contributed by atoms with Crippen molar-refractivity contribution < 1.29 is 28.2 Å². The van der Waals surface area contributed by atoms with Gasteiger partial charge in [0.2, 0.25) is 0 Å². The topological polar surface area (TPSA) is 85.0 Å². The van der Waals surface area contributed by atoms with E-state index in [1.54, 1.807) is 24.3 Å². The van der Waals surface area contributed by atoms with Crippen LogP contribution in [0.25, 0.3) is 0 Å². The Morgan fingerprint density at radius 2 is 1.73 bits per heavy atom. The second-order valence-electron chi connectivity index (χ2n) is 7.26. The largest absolute Gasteiger partial charge is 0.489 e. The molecule has 0 aromatic heterocycles. The van der Waals surface area contributed by atoms with Crippen molar-refractivity contribution in [2.24, 2.45) is 5.73 Å². The molecule has 162 valence electrons. The Bertz CT molecular complexity index is 812. The van der Waals surface area contributed by atoms with E-state index in [2.05, 4.69) is 0 Å². The number of hydrogen-bond donors (Lipinski definition) is 2. The Kier molecular flexibility index (Phi) is 7.36. The van der Waals surface area contributed by atoms with E-state index < -0.39 is 24.0 Å². The van der Waals surface area contributed by atoms with Gasteiger partial charge in [-0.15, -0.1) is 0 Å². The third kappa shape index (κ3) is 5.53. The summed E-state index contributed by atoms with van der Waals surface area (Å²) in [5.74, 6) is -4.75. The number of carbonyl (C=O) groups excluding carboxylic acids is 1. The lowest BCUT2D eigenvalue weighted by Gasteiger charge is -2.33. The number of hydrogen-bond acceptors (Lipinski definition) is 5. The van der Waals surface area contributed by atoms with E-state index in [1.807, 2.05) is 30.3 Å². The number of nitrogens with zero attached hydrogens (tertiary/aromatic N) is 1. The number of nitrogens with two attached hydrogens (primary N) is 1. The highest BCUT2D eigenvalue weighted by Crippen LogP contribution is 2.26. The summed E-state index contributed by atoms with van der Waals surface area (Å²) in [6, 6.07) is 15.2. The molecule has 1 heterocycles. The lowest BCUT2D eigenvalue weighted by Crippen LogP contribution is -2.58. The SMILES string of the molecule is NC(Cc1ccc(OCc2ccccc2)cc1)C(O)C(F)(F)C(=O)N1CCOCC1. The number of amides is 1. The molecular weight excluding hydrogens is 394 g/mol. The number of carbonyl (C=O) groups is 1. The average Bonchev–Trinajstić information content (AvgIpc) is 2.78. The van der Waals surface area contributed by atoms with Crippen LogP contribution in [0, 0.1) is 0 Å². The maximum absolute atomic E-state index is 14.5. The normalized spacial score (nSPS) is 16.7. The third-order valence-electron chi connectivity index (χ3n) is 5.00. The predicted octanol–water partition coefficient (Wildman–Crippen LogP) is 1.99. The summed E-state index contributed by atoms with van der Waals surface area (Å²) >= 11 is 0. The first-order valence-corrected chi connectivity index (χ1v) is 9.82. The zero-order valence-corrected chi connectivity index (χ0v) is 16.5. The molecule has 3 N–H and O–H groups in total. The van der Waals surface area contributed by atoms with Crippen molar-refractivity contribution in [3.05, 3.63) is 65.7 Å². The van der Waals surface area contributed by atoms with Crippen LogP contribution in [-0.4, -0.2) is 60.3 Å². The van der Waals surface area contributed by atoms with Gasteiger partial charge < -0.3 is 25.2 Å². The van der Waals surface area contributed by atoms with E-state index in [0.29, 0.717) is 17.9 Å². The molecule has 2 aromatic rings. The molecule has 30 heavy (non-hydrogen) atoms. The second kappa shape index (κ2) is 9.97. The van der Waals surface area contributed by atoms with Crippen LogP contribution in [0.1, 0.15) is 11.1 Å². The molecular formula is C22H26F2N2O4. The maximum Gasteiger partial charge on any atom is 0.351 e. The predicted molar refractivity (Wildman–Crippen MR) is 107 cm³/mol. The molecule has 2 aromatic carbocycles. The number of alkyl halides is 2. The molecule has 0 bridgehead atoms. The van der Waals surface area contributed by atoms with E-state index in [4.69, 9.17) is 15.2 Å². The molecule has 1 aliphatic heterocycles. The molecule has 2 unspecified atom stereocenters. The summed E-state index contributed by atoms with van der Waals surface area (Å²) in [5.41, 5.74) is 7.50. The maximum atomic E-state index is 14.5. The van der Waals surface area contributed by atoms with Crippen LogP contribution in [-0.2, 0) is 22.6 Å². The number of morpholine rings is 1. The molecule has 1 amide bonds. The van der Waals surface area contributed by atoms with Gasteiger partial charge in [0.15, 0.2) is 0 Å². The Labute approximate surface area is 174 Å². The third-order valence-corrected chi connectivity index (χ3v) is 5.00. The van der Waals surface area contributed by atoms with Crippen molar-refractivity contribution in [2.75, 3.05) is 26.3 Å². The van der Waals surface area contributed by atoms with Crippen LogP contribution in [0.2, 0.25) is 0 Å². The highest BCUT2D eigenvalue weighted by atomic mass is 19.3. The minimum Gasteiger partial charge on any atom is -0.489 e. The van der Waals surface area contributed by atoms with Crippen LogP contribution in [0.5, 0.6) is 5.75 Å². The standard InChI is InChI=1S/C22H26F2N2O4/c23-22(24,21(28)26-10-12-29-13-11-26)20(27)19(25)14-16-6-8-18(9-7-16)30-15-17-4-2-1-3-5-17/h1-9,19-20,27H,10-15,25H2. The first-order chi connectivity index (χ1) is 14.4. The zero-order valence-electron chi connectivity index (χ0n) is 16.5. The minimum atomic E-state index is -3.96. The Hall–Kier alpha value is -2.55. The van der Waals surface area contributed by atoms with Gasteiger partial charge in [-0.2, -0.15) is 8.78 Å². The summed E-state index contributed by atoms with van der Waals surface area (Å²) in [6.45, 7) is 0.946. The van der Waals surface area contributed by atoms with Crippen LogP contribution < -0.4 is 10.5 Å². The van der Waals surface area contributed by atoms with E-state index in [0.717, 1.165) is 10.5 Å². The van der Waals surface area contributed by atoms with E-state index in [9.17, 15) is 18.7 Å². The summed E-state index contributed by atoms with van der Waals surface area (Å²) in [5, 5.41) is 10.1. The fourth-order valence-corrected chi connectivity index (χ4v) is 3.22. The zero-order chi connectivity index (χ0) is 21.6. The van der Waals surface area contributed by atoms with E-state index in [1.165, 1.54) is 0 Å². The van der Waals surface area contributed by atoms with E-state index in [-0.39, 0.29) is 32.7 Å². The van der Waals surface area contributed by atoms with Crippen LogP contribution in [0.4, 0.5) is 8.78 Å². The van der Waals surface area contributed by atoms with Gasteiger partial charge in [-0.1, -0.05) is 42.5 Å². The molecule has 0 spiro atoms. The van der Waals surface area contributed by atoms with Crippen molar-refractivity contribution in [1.82, 2.24) is 4.90 Å². The monoisotopic (exact) mass is 420 g/mol. The van der Waals surface area contributed by atoms with Crippen molar-refractivity contribution in [2.45, 2.75) is 31.1 Å². The smallest absolute Gasteiger partial charge is 0.351 e. The molecule has 0 saturated carbocycles. The summed E-state index contributed by atoms with van der Waals surface area (Å²) in [7, 11) is 0. The average molecular weight is 420 g/mol. The summed E-state index contributed by atoms with van der Waals surface area (Å²) in [6.07, 6.45) is -2.30. The van der Waals surface area contributed by atoms with Gasteiger partial charge in [0.1, 0.15) is 18.5 Å². The molecule has 1 fully saturated rings. The first kappa shape index (κ1) is 22.1. The fourth-order valence-electron chi connectivity index (χ4n) is 3.22. The molecule has 2 atom stereocenters.